The lowest BCUT2D eigenvalue weighted by Gasteiger charge is -2.41. The van der Waals surface area contributed by atoms with Gasteiger partial charge in [0.2, 0.25) is 0 Å². The van der Waals surface area contributed by atoms with Gasteiger partial charge in [0.15, 0.2) is 0 Å². The third-order valence-electron chi connectivity index (χ3n) is 8.53. The Morgan fingerprint density at radius 3 is 1.79 bits per heavy atom. The second-order valence-corrected chi connectivity index (χ2v) is 10.5. The zero-order valence-corrected chi connectivity index (χ0v) is 18.4. The summed E-state index contributed by atoms with van der Waals surface area (Å²) in [4.78, 5) is 14.2. The fourth-order valence-electron chi connectivity index (χ4n) is 6.58. The SMILES string of the molecule is Cc1cnc(C2CCC(C(OO)C3CCC(C4CCC(C)CC4)CC3)CC2)nc1. The molecule has 1 unspecified atom stereocenters. The van der Waals surface area contributed by atoms with Crippen molar-refractivity contribution in [3.63, 3.8) is 0 Å². The van der Waals surface area contributed by atoms with Crippen molar-refractivity contribution in [2.24, 2.45) is 29.6 Å². The van der Waals surface area contributed by atoms with Gasteiger partial charge in [-0.25, -0.2) is 14.9 Å². The first-order valence-corrected chi connectivity index (χ1v) is 12.2. The molecular formula is C25H40N2O2. The Labute approximate surface area is 176 Å². The summed E-state index contributed by atoms with van der Waals surface area (Å²) in [6.07, 6.45) is 19.3. The molecule has 0 saturated heterocycles. The molecule has 0 amide bonds. The number of aromatic nitrogens is 2. The van der Waals surface area contributed by atoms with E-state index >= 15 is 0 Å². The van der Waals surface area contributed by atoms with E-state index in [0.717, 1.165) is 54.8 Å². The third kappa shape index (κ3) is 5.19. The van der Waals surface area contributed by atoms with Gasteiger partial charge >= 0.3 is 0 Å². The molecule has 3 aliphatic carbocycles. The number of hydrogen-bond donors (Lipinski definition) is 1. The molecule has 0 bridgehead atoms. The van der Waals surface area contributed by atoms with Crippen LogP contribution in [0.4, 0.5) is 0 Å². The molecule has 162 valence electrons. The van der Waals surface area contributed by atoms with Gasteiger partial charge < -0.3 is 0 Å². The first-order valence-electron chi connectivity index (χ1n) is 12.2. The number of rotatable bonds is 5. The molecule has 3 aliphatic rings. The molecular weight excluding hydrogens is 360 g/mol. The average molecular weight is 401 g/mol. The third-order valence-corrected chi connectivity index (χ3v) is 8.53. The van der Waals surface area contributed by atoms with Crippen LogP contribution in [0.3, 0.4) is 0 Å². The van der Waals surface area contributed by atoms with E-state index in [1.807, 2.05) is 19.3 Å². The summed E-state index contributed by atoms with van der Waals surface area (Å²) in [5.74, 6) is 5.32. The molecule has 0 aromatic carbocycles. The van der Waals surface area contributed by atoms with Gasteiger partial charge in [0.25, 0.3) is 0 Å². The molecule has 4 heteroatoms. The quantitative estimate of drug-likeness (QED) is 0.450. The van der Waals surface area contributed by atoms with Crippen molar-refractivity contribution in [1.82, 2.24) is 9.97 Å². The van der Waals surface area contributed by atoms with Crippen molar-refractivity contribution in [1.29, 1.82) is 0 Å². The zero-order chi connectivity index (χ0) is 20.2. The van der Waals surface area contributed by atoms with Gasteiger partial charge in [0.05, 0.1) is 6.10 Å². The monoisotopic (exact) mass is 400 g/mol. The summed E-state index contributed by atoms with van der Waals surface area (Å²) in [5.41, 5.74) is 1.12. The Bertz CT molecular complexity index is 610. The Morgan fingerprint density at radius 1 is 0.793 bits per heavy atom. The number of hydrogen-bond acceptors (Lipinski definition) is 4. The van der Waals surface area contributed by atoms with Gasteiger partial charge in [-0.1, -0.05) is 19.8 Å². The van der Waals surface area contributed by atoms with Gasteiger partial charge in [0, 0.05) is 18.3 Å². The highest BCUT2D eigenvalue weighted by atomic mass is 17.1. The predicted octanol–water partition coefficient (Wildman–Crippen LogP) is 6.55. The maximum absolute atomic E-state index is 9.76. The summed E-state index contributed by atoms with van der Waals surface area (Å²) in [5, 5.41) is 9.76. The second kappa shape index (κ2) is 9.87. The predicted molar refractivity (Wildman–Crippen MR) is 116 cm³/mol. The van der Waals surface area contributed by atoms with Crippen LogP contribution in [-0.2, 0) is 4.89 Å². The van der Waals surface area contributed by atoms with E-state index in [4.69, 9.17) is 4.89 Å². The molecule has 1 aromatic heterocycles. The minimum absolute atomic E-state index is 0.0298. The fraction of sp³-hybridized carbons (Fsp3) is 0.840. The van der Waals surface area contributed by atoms with Crippen LogP contribution in [-0.4, -0.2) is 21.3 Å². The van der Waals surface area contributed by atoms with Gasteiger partial charge in [-0.2, -0.15) is 0 Å². The van der Waals surface area contributed by atoms with E-state index in [1.54, 1.807) is 0 Å². The van der Waals surface area contributed by atoms with Crippen molar-refractivity contribution in [2.75, 3.05) is 0 Å². The molecule has 1 aromatic rings. The molecule has 3 fully saturated rings. The van der Waals surface area contributed by atoms with Crippen LogP contribution in [0.2, 0.25) is 0 Å². The van der Waals surface area contributed by atoms with Crippen LogP contribution in [0, 0.1) is 36.5 Å². The van der Waals surface area contributed by atoms with Gasteiger partial charge in [-0.3, -0.25) is 5.26 Å². The molecule has 3 saturated carbocycles. The molecule has 1 atom stereocenters. The molecule has 0 spiro atoms. The average Bonchev–Trinajstić information content (AvgIpc) is 2.76. The van der Waals surface area contributed by atoms with E-state index in [9.17, 15) is 5.26 Å². The fourth-order valence-corrected chi connectivity index (χ4v) is 6.58. The largest absolute Gasteiger partial charge is 0.252 e. The molecule has 29 heavy (non-hydrogen) atoms. The standard InChI is InChI=1S/C25H40N2O2/c1-17-3-5-19(6-4-17)20-7-9-21(10-8-20)24(29-28)22-11-13-23(14-12-22)25-26-15-18(2)16-27-25/h15-17,19-24,28H,3-14H2,1-2H3. The molecule has 1 heterocycles. The van der Waals surface area contributed by atoms with Gasteiger partial charge in [-0.15, -0.1) is 0 Å². The summed E-state index contributed by atoms with van der Waals surface area (Å²) < 4.78 is 0. The van der Waals surface area contributed by atoms with Crippen LogP contribution in [0.15, 0.2) is 12.4 Å². The van der Waals surface area contributed by atoms with Crippen LogP contribution in [0.25, 0.3) is 0 Å². The van der Waals surface area contributed by atoms with Crippen LogP contribution in [0.5, 0.6) is 0 Å². The topological polar surface area (TPSA) is 55.2 Å². The summed E-state index contributed by atoms with van der Waals surface area (Å²) >= 11 is 0. The van der Waals surface area contributed by atoms with E-state index in [1.165, 1.54) is 51.4 Å². The van der Waals surface area contributed by atoms with Gasteiger partial charge in [-0.05, 0) is 106 Å². The Hall–Kier alpha value is -1.00. The Balaban J connectivity index is 1.26. The van der Waals surface area contributed by atoms with Crippen molar-refractivity contribution in [3.05, 3.63) is 23.8 Å². The normalized spacial score (nSPS) is 37.2. The Morgan fingerprint density at radius 2 is 1.28 bits per heavy atom. The molecule has 0 radical (unpaired) electrons. The maximum atomic E-state index is 9.76. The number of aryl methyl sites for hydroxylation is 1. The lowest BCUT2D eigenvalue weighted by atomic mass is 9.66. The Kier molecular flexibility index (Phi) is 7.23. The first-order chi connectivity index (χ1) is 14.1. The van der Waals surface area contributed by atoms with Crippen molar-refractivity contribution >= 4 is 0 Å². The minimum Gasteiger partial charge on any atom is -0.252 e. The molecule has 1 N–H and O–H groups in total. The summed E-state index contributed by atoms with van der Waals surface area (Å²) in [7, 11) is 0. The lowest BCUT2D eigenvalue weighted by molar-refractivity contribution is -0.306. The highest BCUT2D eigenvalue weighted by molar-refractivity contribution is 5.06. The van der Waals surface area contributed by atoms with Crippen LogP contribution in [0.1, 0.15) is 101 Å². The van der Waals surface area contributed by atoms with E-state index in [0.29, 0.717) is 17.8 Å². The molecule has 4 rings (SSSR count). The van der Waals surface area contributed by atoms with E-state index in [2.05, 4.69) is 16.9 Å². The smallest absolute Gasteiger partial charge is 0.131 e. The molecule has 0 aliphatic heterocycles. The van der Waals surface area contributed by atoms with Crippen molar-refractivity contribution in [2.45, 2.75) is 103 Å². The summed E-state index contributed by atoms with van der Waals surface area (Å²) in [6, 6.07) is 0. The van der Waals surface area contributed by atoms with Crippen molar-refractivity contribution in [3.8, 4) is 0 Å². The lowest BCUT2D eigenvalue weighted by Crippen LogP contribution is -2.37. The number of nitrogens with zero attached hydrogens (tertiary/aromatic N) is 2. The minimum atomic E-state index is 0.0298. The zero-order valence-electron chi connectivity index (χ0n) is 18.4. The molecule has 4 nitrogen and oxygen atoms in total. The van der Waals surface area contributed by atoms with E-state index in [-0.39, 0.29) is 6.10 Å². The van der Waals surface area contributed by atoms with Crippen LogP contribution < -0.4 is 0 Å². The second-order valence-electron chi connectivity index (χ2n) is 10.5. The van der Waals surface area contributed by atoms with Gasteiger partial charge in [0.1, 0.15) is 5.82 Å². The first kappa shape index (κ1) is 21.2. The van der Waals surface area contributed by atoms with E-state index < -0.39 is 0 Å². The maximum Gasteiger partial charge on any atom is 0.131 e. The highest BCUT2D eigenvalue weighted by Gasteiger charge is 2.38. The highest BCUT2D eigenvalue weighted by Crippen LogP contribution is 2.45. The van der Waals surface area contributed by atoms with Crippen molar-refractivity contribution < 1.29 is 10.1 Å². The summed E-state index contributed by atoms with van der Waals surface area (Å²) in [6.45, 7) is 4.45. The van der Waals surface area contributed by atoms with Crippen LogP contribution >= 0.6 is 0 Å².